The standard InChI is InChI=1S/C19H20FN3O2/c20-17-6-2-1-4-13(17)10-23-11-15-8-16(18(12-23)25-15)19(24)22-14-5-3-7-21-9-14/h1-7,9,15-16,18H,8,10-12H2,(H,22,24). The lowest BCUT2D eigenvalue weighted by atomic mass is 9.99. The highest BCUT2D eigenvalue weighted by atomic mass is 19.1. The molecule has 130 valence electrons. The van der Waals surface area contributed by atoms with Gasteiger partial charge in [0.1, 0.15) is 5.82 Å². The minimum Gasteiger partial charge on any atom is -0.371 e. The molecule has 3 atom stereocenters. The van der Waals surface area contributed by atoms with E-state index in [0.29, 0.717) is 30.8 Å². The Kier molecular flexibility index (Phi) is 4.46. The number of hydrogen-bond donors (Lipinski definition) is 1. The average Bonchev–Trinajstić information content (AvgIpc) is 2.92. The molecule has 3 unspecified atom stereocenters. The Morgan fingerprint density at radius 3 is 2.96 bits per heavy atom. The van der Waals surface area contributed by atoms with Gasteiger partial charge >= 0.3 is 0 Å². The number of benzene rings is 1. The summed E-state index contributed by atoms with van der Waals surface area (Å²) in [6.45, 7) is 1.90. The number of carbonyl (C=O) groups excluding carboxylic acids is 1. The summed E-state index contributed by atoms with van der Waals surface area (Å²) in [6, 6.07) is 10.4. The summed E-state index contributed by atoms with van der Waals surface area (Å²) >= 11 is 0. The molecule has 2 aliphatic rings. The van der Waals surface area contributed by atoms with E-state index in [1.54, 1.807) is 30.6 Å². The number of rotatable bonds is 4. The zero-order valence-corrected chi connectivity index (χ0v) is 13.8. The molecule has 1 amide bonds. The van der Waals surface area contributed by atoms with Gasteiger partial charge in [-0.05, 0) is 24.6 Å². The van der Waals surface area contributed by atoms with E-state index in [1.807, 2.05) is 12.1 Å². The van der Waals surface area contributed by atoms with Crippen molar-refractivity contribution < 1.29 is 13.9 Å². The summed E-state index contributed by atoms with van der Waals surface area (Å²) in [5, 5.41) is 2.91. The molecule has 0 aliphatic carbocycles. The van der Waals surface area contributed by atoms with Crippen LogP contribution in [0.1, 0.15) is 12.0 Å². The van der Waals surface area contributed by atoms with Gasteiger partial charge in [0.15, 0.2) is 0 Å². The van der Waals surface area contributed by atoms with Crippen molar-refractivity contribution in [2.24, 2.45) is 5.92 Å². The Bertz CT molecular complexity index is 755. The van der Waals surface area contributed by atoms with Crippen molar-refractivity contribution in [1.82, 2.24) is 9.88 Å². The second kappa shape index (κ2) is 6.90. The number of morpholine rings is 1. The van der Waals surface area contributed by atoms with Crippen molar-refractivity contribution in [1.29, 1.82) is 0 Å². The molecule has 0 spiro atoms. The Labute approximate surface area is 145 Å². The largest absolute Gasteiger partial charge is 0.371 e. The first-order valence-corrected chi connectivity index (χ1v) is 8.51. The van der Waals surface area contributed by atoms with E-state index in [4.69, 9.17) is 4.74 Å². The minimum atomic E-state index is -0.188. The van der Waals surface area contributed by atoms with Crippen LogP contribution in [0, 0.1) is 11.7 Å². The van der Waals surface area contributed by atoms with Crippen molar-refractivity contribution in [3.8, 4) is 0 Å². The van der Waals surface area contributed by atoms with Crippen molar-refractivity contribution in [3.05, 3.63) is 60.2 Å². The number of pyridine rings is 1. The third-order valence-corrected chi connectivity index (χ3v) is 4.85. The molecule has 1 aromatic carbocycles. The van der Waals surface area contributed by atoms with Crippen LogP contribution in [0.25, 0.3) is 0 Å². The van der Waals surface area contributed by atoms with Crippen LogP contribution in [0.15, 0.2) is 48.8 Å². The molecule has 25 heavy (non-hydrogen) atoms. The molecule has 6 heteroatoms. The van der Waals surface area contributed by atoms with Crippen LogP contribution < -0.4 is 5.32 Å². The van der Waals surface area contributed by atoms with Crippen LogP contribution in [-0.4, -0.2) is 41.1 Å². The van der Waals surface area contributed by atoms with Gasteiger partial charge in [-0.25, -0.2) is 4.39 Å². The van der Waals surface area contributed by atoms with Crippen LogP contribution in [0.3, 0.4) is 0 Å². The number of fused-ring (bicyclic) bond motifs is 2. The third-order valence-electron chi connectivity index (χ3n) is 4.85. The molecule has 1 aromatic heterocycles. The van der Waals surface area contributed by atoms with Crippen LogP contribution >= 0.6 is 0 Å². The number of likely N-dealkylation sites (tertiary alicyclic amines) is 1. The first-order chi connectivity index (χ1) is 12.2. The van der Waals surface area contributed by atoms with E-state index < -0.39 is 0 Å². The zero-order chi connectivity index (χ0) is 17.2. The third kappa shape index (κ3) is 3.55. The topological polar surface area (TPSA) is 54.5 Å². The van der Waals surface area contributed by atoms with Crippen molar-refractivity contribution in [2.45, 2.75) is 25.2 Å². The van der Waals surface area contributed by atoms with Crippen LogP contribution in [0.2, 0.25) is 0 Å². The number of amides is 1. The summed E-state index contributed by atoms with van der Waals surface area (Å²) in [5.41, 5.74) is 1.37. The molecule has 1 N–H and O–H groups in total. The predicted octanol–water partition coefficient (Wildman–Crippen LogP) is 2.45. The number of anilines is 1. The maximum Gasteiger partial charge on any atom is 0.230 e. The summed E-state index contributed by atoms with van der Waals surface area (Å²) in [7, 11) is 0. The lowest BCUT2D eigenvalue weighted by Crippen LogP contribution is -2.44. The van der Waals surface area contributed by atoms with Gasteiger partial charge in [0.25, 0.3) is 0 Å². The van der Waals surface area contributed by atoms with Gasteiger partial charge in [-0.3, -0.25) is 14.7 Å². The van der Waals surface area contributed by atoms with E-state index in [0.717, 1.165) is 6.54 Å². The Balaban J connectivity index is 1.40. The maximum atomic E-state index is 13.9. The van der Waals surface area contributed by atoms with Crippen molar-refractivity contribution in [2.75, 3.05) is 18.4 Å². The number of carbonyl (C=O) groups is 1. The highest BCUT2D eigenvalue weighted by molar-refractivity contribution is 5.93. The molecule has 2 aromatic rings. The molecule has 5 nitrogen and oxygen atoms in total. The smallest absolute Gasteiger partial charge is 0.230 e. The highest BCUT2D eigenvalue weighted by Crippen LogP contribution is 2.33. The van der Waals surface area contributed by atoms with Gasteiger partial charge in [-0.15, -0.1) is 0 Å². The summed E-state index contributed by atoms with van der Waals surface area (Å²) in [5.74, 6) is -0.406. The maximum absolute atomic E-state index is 13.9. The van der Waals surface area contributed by atoms with Crippen molar-refractivity contribution in [3.63, 3.8) is 0 Å². The summed E-state index contributed by atoms with van der Waals surface area (Å²) < 4.78 is 19.8. The van der Waals surface area contributed by atoms with Crippen LogP contribution in [0.5, 0.6) is 0 Å². The Morgan fingerprint density at radius 2 is 2.16 bits per heavy atom. The Hall–Kier alpha value is -2.31. The fourth-order valence-electron chi connectivity index (χ4n) is 3.68. The molecule has 2 aliphatic heterocycles. The zero-order valence-electron chi connectivity index (χ0n) is 13.8. The predicted molar refractivity (Wildman–Crippen MR) is 91.3 cm³/mol. The number of hydrogen-bond acceptors (Lipinski definition) is 4. The lowest BCUT2D eigenvalue weighted by Gasteiger charge is -2.32. The second-order valence-electron chi connectivity index (χ2n) is 6.66. The minimum absolute atomic E-state index is 0.0233. The van der Waals surface area contributed by atoms with Crippen LogP contribution in [0.4, 0.5) is 10.1 Å². The number of halogens is 1. The number of aromatic nitrogens is 1. The fourth-order valence-corrected chi connectivity index (χ4v) is 3.68. The van der Waals surface area contributed by atoms with E-state index in [2.05, 4.69) is 15.2 Å². The SMILES string of the molecule is O=C(Nc1cccnc1)C1CC2CN(Cc3ccccc3F)CC1O2. The number of nitrogens with zero attached hydrogens (tertiary/aromatic N) is 2. The first-order valence-electron chi connectivity index (χ1n) is 8.51. The van der Waals surface area contributed by atoms with Gasteiger partial charge in [0.05, 0.1) is 30.0 Å². The molecule has 2 bridgehead atoms. The number of ether oxygens (including phenoxy) is 1. The van der Waals surface area contributed by atoms with E-state index >= 15 is 0 Å². The van der Waals surface area contributed by atoms with Gasteiger partial charge in [-0.1, -0.05) is 18.2 Å². The fraction of sp³-hybridized carbons (Fsp3) is 0.368. The van der Waals surface area contributed by atoms with Crippen LogP contribution in [-0.2, 0) is 16.1 Å². The molecule has 2 saturated heterocycles. The normalized spacial score (nSPS) is 25.7. The molecule has 4 rings (SSSR count). The van der Waals surface area contributed by atoms with E-state index in [-0.39, 0.29) is 29.9 Å². The quantitative estimate of drug-likeness (QED) is 0.928. The average molecular weight is 341 g/mol. The van der Waals surface area contributed by atoms with Gasteiger partial charge in [0.2, 0.25) is 5.91 Å². The first kappa shape index (κ1) is 16.2. The highest BCUT2D eigenvalue weighted by Gasteiger charge is 2.44. The molecular formula is C19H20FN3O2. The molecule has 0 saturated carbocycles. The van der Waals surface area contributed by atoms with Gasteiger partial charge in [0, 0.05) is 31.4 Å². The summed E-state index contributed by atoms with van der Waals surface area (Å²) in [6.07, 6.45) is 3.87. The van der Waals surface area contributed by atoms with Gasteiger partial charge < -0.3 is 10.1 Å². The van der Waals surface area contributed by atoms with Gasteiger partial charge in [-0.2, -0.15) is 0 Å². The van der Waals surface area contributed by atoms with E-state index in [1.165, 1.54) is 6.07 Å². The lowest BCUT2D eigenvalue weighted by molar-refractivity contribution is -0.123. The monoisotopic (exact) mass is 341 g/mol. The van der Waals surface area contributed by atoms with E-state index in [9.17, 15) is 9.18 Å². The Morgan fingerprint density at radius 1 is 1.28 bits per heavy atom. The molecule has 0 radical (unpaired) electrons. The summed E-state index contributed by atoms with van der Waals surface area (Å²) in [4.78, 5) is 18.8. The second-order valence-corrected chi connectivity index (χ2v) is 6.66. The molecular weight excluding hydrogens is 321 g/mol. The molecule has 3 heterocycles. The number of nitrogens with one attached hydrogen (secondary N) is 1. The molecule has 2 fully saturated rings. The van der Waals surface area contributed by atoms with Crippen molar-refractivity contribution >= 4 is 11.6 Å².